The molecule has 0 saturated carbocycles. The molecule has 7 heteroatoms. The second-order valence-corrected chi connectivity index (χ2v) is 8.30. The zero-order valence-electron chi connectivity index (χ0n) is 15.5. The van der Waals surface area contributed by atoms with E-state index < -0.39 is 10.0 Å². The molecule has 4 rings (SSSR count). The van der Waals surface area contributed by atoms with Crippen LogP contribution in [0.4, 0.5) is 5.69 Å². The summed E-state index contributed by atoms with van der Waals surface area (Å²) in [5, 5.41) is 13.5. The number of aromatic nitrogens is 1. The number of nitrogens with one attached hydrogen (secondary N) is 1. The average Bonchev–Trinajstić information content (AvgIpc) is 3.19. The number of sulfonamides is 1. The maximum atomic E-state index is 12.5. The van der Waals surface area contributed by atoms with Crippen LogP contribution < -0.4 is 4.72 Å². The summed E-state index contributed by atoms with van der Waals surface area (Å²) < 4.78 is 32.9. The molecule has 0 amide bonds. The second kappa shape index (κ2) is 7.44. The second-order valence-electron chi connectivity index (χ2n) is 6.62. The number of aromatic hydroxyl groups is 1. The van der Waals surface area contributed by atoms with E-state index in [1.807, 2.05) is 6.92 Å². The number of nitrogens with zero attached hydrogens (tertiary/aromatic N) is 1. The van der Waals surface area contributed by atoms with Crippen LogP contribution in [0.15, 0.2) is 88.3 Å². The third-order valence-electron chi connectivity index (χ3n) is 4.43. The first-order valence-electron chi connectivity index (χ1n) is 8.87. The summed E-state index contributed by atoms with van der Waals surface area (Å²) in [4.78, 5) is 0.210. The summed E-state index contributed by atoms with van der Waals surface area (Å²) in [6.45, 7) is 1.90. The quantitative estimate of drug-likeness (QED) is 0.495. The number of anilines is 1. The molecule has 1 aromatic heterocycles. The van der Waals surface area contributed by atoms with Crippen LogP contribution in [0.1, 0.15) is 5.56 Å². The number of rotatable bonds is 5. The van der Waals surface area contributed by atoms with Crippen molar-refractivity contribution in [2.24, 2.45) is 0 Å². The van der Waals surface area contributed by atoms with E-state index in [1.54, 1.807) is 78.9 Å². The van der Waals surface area contributed by atoms with Crippen molar-refractivity contribution in [3.63, 3.8) is 0 Å². The van der Waals surface area contributed by atoms with Crippen LogP contribution in [0.3, 0.4) is 0 Å². The van der Waals surface area contributed by atoms with Crippen LogP contribution >= 0.6 is 0 Å². The highest BCUT2D eigenvalue weighted by atomic mass is 32.2. The molecule has 0 aliphatic heterocycles. The highest BCUT2D eigenvalue weighted by Crippen LogP contribution is 2.28. The van der Waals surface area contributed by atoms with Gasteiger partial charge in [-0.25, -0.2) is 8.42 Å². The smallest absolute Gasteiger partial charge is 0.261 e. The van der Waals surface area contributed by atoms with E-state index in [0.717, 1.165) is 16.7 Å². The molecule has 3 aromatic carbocycles. The lowest BCUT2D eigenvalue weighted by Crippen LogP contribution is -2.12. The molecule has 0 saturated heterocycles. The zero-order valence-corrected chi connectivity index (χ0v) is 16.3. The van der Waals surface area contributed by atoms with Gasteiger partial charge in [0, 0.05) is 22.9 Å². The molecule has 2 N–H and O–H groups in total. The van der Waals surface area contributed by atoms with Crippen molar-refractivity contribution in [2.45, 2.75) is 11.8 Å². The van der Waals surface area contributed by atoms with Gasteiger partial charge in [-0.15, -0.1) is 0 Å². The van der Waals surface area contributed by atoms with Gasteiger partial charge in [0.05, 0.1) is 4.90 Å². The van der Waals surface area contributed by atoms with Gasteiger partial charge in [0.15, 0.2) is 5.76 Å². The van der Waals surface area contributed by atoms with Gasteiger partial charge < -0.3 is 9.63 Å². The van der Waals surface area contributed by atoms with Gasteiger partial charge in [-0.1, -0.05) is 35.0 Å². The van der Waals surface area contributed by atoms with Gasteiger partial charge >= 0.3 is 0 Å². The molecule has 0 spiro atoms. The van der Waals surface area contributed by atoms with Crippen LogP contribution in [0.25, 0.3) is 22.6 Å². The molecule has 0 radical (unpaired) electrons. The molecule has 146 valence electrons. The molecule has 0 fully saturated rings. The minimum absolute atomic E-state index is 0.178. The van der Waals surface area contributed by atoms with Crippen molar-refractivity contribution in [1.29, 1.82) is 0 Å². The molecule has 0 aliphatic rings. The summed E-state index contributed by atoms with van der Waals surface area (Å²) in [5.74, 6) is 0.751. The highest BCUT2D eigenvalue weighted by molar-refractivity contribution is 7.92. The van der Waals surface area contributed by atoms with Crippen LogP contribution in [0.5, 0.6) is 5.75 Å². The van der Waals surface area contributed by atoms with E-state index in [1.165, 1.54) is 0 Å². The van der Waals surface area contributed by atoms with Gasteiger partial charge in [-0.2, -0.15) is 0 Å². The summed E-state index contributed by atoms with van der Waals surface area (Å²) in [6, 6.07) is 22.0. The lowest BCUT2D eigenvalue weighted by Gasteiger charge is -2.08. The Labute approximate surface area is 168 Å². The van der Waals surface area contributed by atoms with Crippen LogP contribution in [0.2, 0.25) is 0 Å². The van der Waals surface area contributed by atoms with Gasteiger partial charge in [0.2, 0.25) is 0 Å². The average molecular weight is 406 g/mol. The van der Waals surface area contributed by atoms with E-state index in [4.69, 9.17) is 4.52 Å². The summed E-state index contributed by atoms with van der Waals surface area (Å²) in [7, 11) is -3.65. The summed E-state index contributed by atoms with van der Waals surface area (Å²) in [6.07, 6.45) is 0. The summed E-state index contributed by atoms with van der Waals surface area (Å²) >= 11 is 0. The lowest BCUT2D eigenvalue weighted by atomic mass is 10.1. The lowest BCUT2D eigenvalue weighted by molar-refractivity contribution is 0.434. The van der Waals surface area contributed by atoms with Gasteiger partial charge in [-0.3, -0.25) is 4.72 Å². The number of benzene rings is 3. The Bertz CT molecular complexity index is 1230. The van der Waals surface area contributed by atoms with Gasteiger partial charge in [-0.05, 0) is 55.5 Å². The van der Waals surface area contributed by atoms with Crippen LogP contribution in [-0.4, -0.2) is 18.7 Å². The molecule has 0 atom stereocenters. The first-order chi connectivity index (χ1) is 13.9. The molecule has 6 nitrogen and oxygen atoms in total. The Balaban J connectivity index is 1.52. The van der Waals surface area contributed by atoms with Crippen LogP contribution in [0, 0.1) is 6.92 Å². The van der Waals surface area contributed by atoms with Crippen molar-refractivity contribution in [1.82, 2.24) is 5.16 Å². The number of aryl methyl sites for hydroxylation is 1. The van der Waals surface area contributed by atoms with Gasteiger partial charge in [0.25, 0.3) is 10.0 Å². The van der Waals surface area contributed by atoms with E-state index >= 15 is 0 Å². The maximum absolute atomic E-state index is 12.5. The number of hydrogen-bond acceptors (Lipinski definition) is 5. The largest absolute Gasteiger partial charge is 0.508 e. The first kappa shape index (κ1) is 18.8. The molecule has 0 aliphatic carbocycles. The standard InChI is InChI=1S/C22H18N2O4S/c1-15-2-12-20(13-3-15)29(26,27)24-18-8-4-16(5-9-18)21-14-22(28-23-21)17-6-10-19(25)11-7-17/h2-14,24-25H,1H3. The minimum Gasteiger partial charge on any atom is -0.508 e. The van der Waals surface area contributed by atoms with E-state index in [-0.39, 0.29) is 10.6 Å². The predicted octanol–water partition coefficient (Wildman–Crippen LogP) is 4.82. The molecule has 0 unspecified atom stereocenters. The Kier molecular flexibility index (Phi) is 4.82. The maximum Gasteiger partial charge on any atom is 0.261 e. The van der Waals surface area contributed by atoms with Gasteiger partial charge in [0.1, 0.15) is 11.4 Å². The fourth-order valence-electron chi connectivity index (χ4n) is 2.81. The first-order valence-corrected chi connectivity index (χ1v) is 10.4. The molecule has 4 aromatic rings. The summed E-state index contributed by atoms with van der Waals surface area (Å²) in [5.41, 5.74) is 3.66. The normalized spacial score (nSPS) is 11.3. The molecule has 1 heterocycles. The molecule has 29 heavy (non-hydrogen) atoms. The Morgan fingerprint density at radius 2 is 1.48 bits per heavy atom. The number of hydrogen-bond donors (Lipinski definition) is 2. The molecular formula is C22H18N2O4S. The van der Waals surface area contributed by atoms with Crippen molar-refractivity contribution in [3.8, 4) is 28.3 Å². The van der Waals surface area contributed by atoms with Crippen molar-refractivity contribution < 1.29 is 18.0 Å². The zero-order chi connectivity index (χ0) is 20.4. The van der Waals surface area contributed by atoms with Crippen molar-refractivity contribution >= 4 is 15.7 Å². The third-order valence-corrected chi connectivity index (χ3v) is 5.82. The topological polar surface area (TPSA) is 92.4 Å². The van der Waals surface area contributed by atoms with Crippen molar-refractivity contribution in [3.05, 3.63) is 84.4 Å². The fourth-order valence-corrected chi connectivity index (χ4v) is 3.87. The Morgan fingerprint density at radius 1 is 0.862 bits per heavy atom. The number of phenolic OH excluding ortho intramolecular Hbond substituents is 1. The van der Waals surface area contributed by atoms with Crippen LogP contribution in [-0.2, 0) is 10.0 Å². The van der Waals surface area contributed by atoms with E-state index in [9.17, 15) is 13.5 Å². The van der Waals surface area contributed by atoms with E-state index in [2.05, 4.69) is 9.88 Å². The molecular weight excluding hydrogens is 388 g/mol. The Hall–Kier alpha value is -3.58. The Morgan fingerprint density at radius 3 is 2.14 bits per heavy atom. The van der Waals surface area contributed by atoms with E-state index in [0.29, 0.717) is 17.1 Å². The molecule has 0 bridgehead atoms. The minimum atomic E-state index is -3.65. The monoisotopic (exact) mass is 406 g/mol. The third kappa shape index (κ3) is 4.14. The fraction of sp³-hybridized carbons (Fsp3) is 0.0455. The number of phenols is 1. The van der Waals surface area contributed by atoms with Crippen molar-refractivity contribution in [2.75, 3.05) is 4.72 Å². The highest BCUT2D eigenvalue weighted by Gasteiger charge is 2.14. The predicted molar refractivity (Wildman–Crippen MR) is 111 cm³/mol. The SMILES string of the molecule is Cc1ccc(S(=O)(=O)Nc2ccc(-c3cc(-c4ccc(O)cc4)on3)cc2)cc1.